The van der Waals surface area contributed by atoms with Crippen LogP contribution in [-0.4, -0.2) is 35.6 Å². The third-order valence-electron chi connectivity index (χ3n) is 2.78. The van der Waals surface area contributed by atoms with Crippen molar-refractivity contribution in [3.63, 3.8) is 0 Å². The molecule has 0 aliphatic carbocycles. The fourth-order valence-corrected chi connectivity index (χ4v) is 1.52. The third-order valence-corrected chi connectivity index (χ3v) is 2.78. The summed E-state index contributed by atoms with van der Waals surface area (Å²) < 4.78 is 0. The third kappa shape index (κ3) is 10.6. The predicted molar refractivity (Wildman–Crippen MR) is 78.5 cm³/mol. The zero-order chi connectivity index (χ0) is 14.7. The quantitative estimate of drug-likeness (QED) is 0.795. The second-order valence-electron chi connectivity index (χ2n) is 5.51. The Kier molecular flexibility index (Phi) is 12.6. The van der Waals surface area contributed by atoms with Crippen molar-refractivity contribution in [2.75, 3.05) is 13.6 Å². The molecular formula is C15H33NO2. The van der Waals surface area contributed by atoms with Crippen LogP contribution in [0.1, 0.15) is 60.8 Å². The van der Waals surface area contributed by atoms with Crippen molar-refractivity contribution >= 4 is 5.91 Å². The lowest BCUT2D eigenvalue weighted by atomic mass is 10.0. The lowest BCUT2D eigenvalue weighted by Crippen LogP contribution is -2.30. The average Bonchev–Trinajstić information content (AvgIpc) is 2.29. The molecule has 0 heterocycles. The molecule has 1 N–H and O–H groups in total. The summed E-state index contributed by atoms with van der Waals surface area (Å²) in [5.74, 6) is 0.799. The maximum atomic E-state index is 11.2. The van der Waals surface area contributed by atoms with E-state index in [-0.39, 0.29) is 17.9 Å². The minimum absolute atomic E-state index is 0.0833. The number of aliphatic hydroxyl groups excluding tert-OH is 1. The van der Waals surface area contributed by atoms with Crippen LogP contribution >= 0.6 is 0 Å². The van der Waals surface area contributed by atoms with Crippen LogP contribution in [0.4, 0.5) is 0 Å². The van der Waals surface area contributed by atoms with Gasteiger partial charge < -0.3 is 10.0 Å². The molecule has 0 aromatic heterocycles. The Morgan fingerprint density at radius 3 is 1.83 bits per heavy atom. The van der Waals surface area contributed by atoms with E-state index < -0.39 is 0 Å². The van der Waals surface area contributed by atoms with Gasteiger partial charge in [-0.15, -0.1) is 0 Å². The molecule has 110 valence electrons. The minimum atomic E-state index is -0.0833. The molecule has 3 nitrogen and oxygen atoms in total. The molecule has 1 unspecified atom stereocenters. The minimum Gasteiger partial charge on any atom is -0.393 e. The predicted octanol–water partition coefficient (Wildman–Crippen LogP) is 3.31. The molecule has 1 atom stereocenters. The standard InChI is InChI=1S/C8H17NO.C7H16O/c1-5-6-9(4)8(10)7(2)3;1-4-5-7(8)6(2)3/h7H,5-6H2,1-4H3;6-8H,4-5H2,1-3H3. The van der Waals surface area contributed by atoms with E-state index in [0.29, 0.717) is 5.92 Å². The first-order valence-electron chi connectivity index (χ1n) is 7.20. The van der Waals surface area contributed by atoms with Crippen LogP contribution in [0.15, 0.2) is 0 Å². The summed E-state index contributed by atoms with van der Waals surface area (Å²) in [5.41, 5.74) is 0. The SMILES string of the molecule is CCCC(O)C(C)C.CCCN(C)C(=O)C(C)C. The van der Waals surface area contributed by atoms with E-state index in [1.807, 2.05) is 34.7 Å². The van der Waals surface area contributed by atoms with Crippen LogP contribution < -0.4 is 0 Å². The summed E-state index contributed by atoms with van der Waals surface area (Å²) in [6.45, 7) is 13.0. The highest BCUT2D eigenvalue weighted by Gasteiger charge is 2.10. The zero-order valence-electron chi connectivity index (χ0n) is 13.4. The number of aliphatic hydroxyl groups is 1. The van der Waals surface area contributed by atoms with E-state index in [0.717, 1.165) is 25.8 Å². The van der Waals surface area contributed by atoms with Crippen LogP contribution in [0.2, 0.25) is 0 Å². The van der Waals surface area contributed by atoms with Gasteiger partial charge in [0.15, 0.2) is 0 Å². The largest absolute Gasteiger partial charge is 0.393 e. The molecule has 0 fully saturated rings. The second kappa shape index (κ2) is 11.5. The number of hydrogen-bond donors (Lipinski definition) is 1. The molecule has 0 bridgehead atoms. The summed E-state index contributed by atoms with van der Waals surface area (Å²) in [5, 5.41) is 9.13. The molecule has 0 saturated heterocycles. The van der Waals surface area contributed by atoms with E-state index in [1.54, 1.807) is 4.90 Å². The van der Waals surface area contributed by atoms with Crippen LogP contribution in [0.3, 0.4) is 0 Å². The Morgan fingerprint density at radius 1 is 1.11 bits per heavy atom. The first kappa shape index (κ1) is 19.8. The molecule has 0 aromatic rings. The first-order valence-corrected chi connectivity index (χ1v) is 7.20. The summed E-state index contributed by atoms with van der Waals surface area (Å²) >= 11 is 0. The molecule has 3 heteroatoms. The molecule has 0 saturated carbocycles. The van der Waals surface area contributed by atoms with Gasteiger partial charge in [0.2, 0.25) is 5.91 Å². The summed E-state index contributed by atoms with van der Waals surface area (Å²) in [6, 6.07) is 0. The Hall–Kier alpha value is -0.570. The van der Waals surface area contributed by atoms with Gasteiger partial charge in [0.05, 0.1) is 6.10 Å². The number of carbonyl (C=O) groups is 1. The van der Waals surface area contributed by atoms with Crippen LogP contribution in [-0.2, 0) is 4.79 Å². The van der Waals surface area contributed by atoms with Gasteiger partial charge in [-0.05, 0) is 18.8 Å². The van der Waals surface area contributed by atoms with E-state index in [1.165, 1.54) is 0 Å². The highest BCUT2D eigenvalue weighted by molar-refractivity contribution is 5.77. The Bertz CT molecular complexity index is 203. The highest BCUT2D eigenvalue weighted by atomic mass is 16.3. The normalized spacial score (nSPS) is 12.1. The van der Waals surface area contributed by atoms with Crippen molar-refractivity contribution in [2.24, 2.45) is 11.8 Å². The van der Waals surface area contributed by atoms with Gasteiger partial charge in [0, 0.05) is 19.5 Å². The van der Waals surface area contributed by atoms with E-state index in [2.05, 4.69) is 13.8 Å². The molecule has 0 aliphatic heterocycles. The van der Waals surface area contributed by atoms with E-state index in [9.17, 15) is 4.79 Å². The smallest absolute Gasteiger partial charge is 0.224 e. The number of carbonyl (C=O) groups excluding carboxylic acids is 1. The summed E-state index contributed by atoms with van der Waals surface area (Å²) in [7, 11) is 1.85. The van der Waals surface area contributed by atoms with Gasteiger partial charge in [-0.2, -0.15) is 0 Å². The van der Waals surface area contributed by atoms with Gasteiger partial charge in [-0.25, -0.2) is 0 Å². The van der Waals surface area contributed by atoms with Crippen LogP contribution in [0.5, 0.6) is 0 Å². The summed E-state index contributed by atoms with van der Waals surface area (Å²) in [6.07, 6.45) is 2.98. The van der Waals surface area contributed by atoms with Gasteiger partial charge in [-0.3, -0.25) is 4.79 Å². The van der Waals surface area contributed by atoms with E-state index in [4.69, 9.17) is 5.11 Å². The average molecular weight is 259 g/mol. The molecule has 0 aliphatic rings. The molecule has 1 amide bonds. The van der Waals surface area contributed by atoms with Crippen LogP contribution in [0, 0.1) is 11.8 Å². The van der Waals surface area contributed by atoms with Crippen molar-refractivity contribution in [1.82, 2.24) is 4.90 Å². The highest BCUT2D eigenvalue weighted by Crippen LogP contribution is 2.06. The molecule has 0 aromatic carbocycles. The van der Waals surface area contributed by atoms with Crippen molar-refractivity contribution in [1.29, 1.82) is 0 Å². The lowest BCUT2D eigenvalue weighted by molar-refractivity contribution is -0.133. The molecule has 0 spiro atoms. The topological polar surface area (TPSA) is 40.5 Å². The monoisotopic (exact) mass is 259 g/mol. The first-order chi connectivity index (χ1) is 8.27. The van der Waals surface area contributed by atoms with Gasteiger partial charge in [-0.1, -0.05) is 48.0 Å². The second-order valence-corrected chi connectivity index (χ2v) is 5.51. The number of nitrogens with zero attached hydrogens (tertiary/aromatic N) is 1. The fourth-order valence-electron chi connectivity index (χ4n) is 1.52. The molecular weight excluding hydrogens is 226 g/mol. The van der Waals surface area contributed by atoms with Gasteiger partial charge in [0.25, 0.3) is 0 Å². The fraction of sp³-hybridized carbons (Fsp3) is 0.933. The Balaban J connectivity index is 0. The number of amides is 1. The van der Waals surface area contributed by atoms with E-state index >= 15 is 0 Å². The van der Waals surface area contributed by atoms with Crippen molar-refractivity contribution in [3.05, 3.63) is 0 Å². The molecule has 0 radical (unpaired) electrons. The van der Waals surface area contributed by atoms with Crippen molar-refractivity contribution < 1.29 is 9.90 Å². The lowest BCUT2D eigenvalue weighted by Gasteiger charge is -2.17. The zero-order valence-corrected chi connectivity index (χ0v) is 13.4. The number of rotatable bonds is 6. The van der Waals surface area contributed by atoms with Gasteiger partial charge in [0.1, 0.15) is 0 Å². The van der Waals surface area contributed by atoms with Crippen molar-refractivity contribution in [3.8, 4) is 0 Å². The molecule has 0 rings (SSSR count). The Morgan fingerprint density at radius 2 is 1.61 bits per heavy atom. The van der Waals surface area contributed by atoms with Gasteiger partial charge >= 0.3 is 0 Å². The maximum Gasteiger partial charge on any atom is 0.224 e. The number of hydrogen-bond acceptors (Lipinski definition) is 2. The molecule has 18 heavy (non-hydrogen) atoms. The Labute approximate surface area is 114 Å². The maximum absolute atomic E-state index is 11.2. The van der Waals surface area contributed by atoms with Crippen LogP contribution in [0.25, 0.3) is 0 Å². The van der Waals surface area contributed by atoms with Crippen molar-refractivity contribution in [2.45, 2.75) is 66.9 Å². The summed E-state index contributed by atoms with van der Waals surface area (Å²) in [4.78, 5) is 12.9.